The summed E-state index contributed by atoms with van der Waals surface area (Å²) >= 11 is 3.55. The number of hydrogen-bond donors (Lipinski definition) is 1. The second-order valence-electron chi connectivity index (χ2n) is 4.40. The van der Waals surface area contributed by atoms with E-state index in [0.717, 1.165) is 21.2 Å². The van der Waals surface area contributed by atoms with Crippen molar-refractivity contribution in [2.24, 2.45) is 5.73 Å². The fraction of sp³-hybridized carbons (Fsp3) is 0.286. The number of rotatable bonds is 3. The molecule has 0 bridgehead atoms. The summed E-state index contributed by atoms with van der Waals surface area (Å²) in [7, 11) is 1.57. The second kappa shape index (κ2) is 5.67. The zero-order valence-corrected chi connectivity index (χ0v) is 12.7. The Hall–Kier alpha value is -1.46. The quantitative estimate of drug-likeness (QED) is 0.944. The average molecular weight is 322 g/mol. The Bertz CT molecular complexity index is 578. The minimum atomic E-state index is -0.353. The van der Waals surface area contributed by atoms with Crippen LogP contribution < -0.4 is 10.5 Å². The van der Waals surface area contributed by atoms with Crippen LogP contribution in [0.2, 0.25) is 0 Å². The van der Waals surface area contributed by atoms with Crippen molar-refractivity contribution in [3.05, 3.63) is 51.4 Å². The third-order valence-corrected chi connectivity index (χ3v) is 4.25. The number of nitrogens with two attached hydrogens (primary N) is 1. The lowest BCUT2D eigenvalue weighted by atomic mass is 10.00. The molecule has 0 saturated carbocycles. The van der Waals surface area contributed by atoms with Crippen LogP contribution in [0.3, 0.4) is 0 Å². The first-order valence-electron chi connectivity index (χ1n) is 5.91. The number of benzene rings is 1. The Kier molecular flexibility index (Phi) is 4.17. The first-order chi connectivity index (χ1) is 9.04. The molecule has 2 rings (SSSR count). The third kappa shape index (κ3) is 2.77. The second-order valence-corrected chi connectivity index (χ2v) is 5.19. The van der Waals surface area contributed by atoms with E-state index < -0.39 is 0 Å². The molecule has 19 heavy (non-hydrogen) atoms. The Morgan fingerprint density at radius 3 is 2.32 bits per heavy atom. The van der Waals surface area contributed by atoms with Crippen molar-refractivity contribution in [1.82, 2.24) is 9.97 Å². The predicted octanol–water partition coefficient (Wildman–Crippen LogP) is 2.91. The largest absolute Gasteiger partial charge is 0.480 e. The van der Waals surface area contributed by atoms with Crippen molar-refractivity contribution >= 4 is 15.9 Å². The highest BCUT2D eigenvalue weighted by molar-refractivity contribution is 9.10. The van der Waals surface area contributed by atoms with Crippen molar-refractivity contribution in [2.45, 2.75) is 19.9 Å². The van der Waals surface area contributed by atoms with Crippen LogP contribution in [0.1, 0.15) is 28.4 Å². The van der Waals surface area contributed by atoms with Crippen LogP contribution in [0.15, 0.2) is 29.0 Å². The summed E-state index contributed by atoms with van der Waals surface area (Å²) in [6, 6.07) is 3.75. The molecule has 0 amide bonds. The van der Waals surface area contributed by atoms with Gasteiger partial charge in [-0.05, 0) is 30.5 Å². The molecule has 0 spiro atoms. The molecule has 2 aromatic rings. The third-order valence-electron chi connectivity index (χ3n) is 3.00. The molecule has 0 aliphatic carbocycles. The van der Waals surface area contributed by atoms with Gasteiger partial charge in [0, 0.05) is 16.9 Å². The van der Waals surface area contributed by atoms with Gasteiger partial charge in [0.2, 0.25) is 5.88 Å². The van der Waals surface area contributed by atoms with Crippen LogP contribution in [-0.2, 0) is 0 Å². The lowest BCUT2D eigenvalue weighted by Gasteiger charge is -2.16. The SMILES string of the molecule is COc1nccnc1C(N)c1cc(C)c(Br)c(C)c1. The summed E-state index contributed by atoms with van der Waals surface area (Å²) < 4.78 is 6.32. The standard InChI is InChI=1S/C14H16BrN3O/c1-8-6-10(7-9(2)11(8)15)12(16)13-14(19-3)18-5-4-17-13/h4-7,12H,16H2,1-3H3. The molecule has 0 aliphatic heterocycles. The monoisotopic (exact) mass is 321 g/mol. The summed E-state index contributed by atoms with van der Waals surface area (Å²) in [6.07, 6.45) is 3.21. The van der Waals surface area contributed by atoms with E-state index in [-0.39, 0.29) is 6.04 Å². The summed E-state index contributed by atoms with van der Waals surface area (Å²) in [6.45, 7) is 4.09. The smallest absolute Gasteiger partial charge is 0.237 e. The van der Waals surface area contributed by atoms with Crippen LogP contribution in [0, 0.1) is 13.8 Å². The molecule has 100 valence electrons. The number of halogens is 1. The van der Waals surface area contributed by atoms with Crippen molar-refractivity contribution in [1.29, 1.82) is 0 Å². The van der Waals surface area contributed by atoms with E-state index in [1.165, 1.54) is 0 Å². The molecular weight excluding hydrogens is 306 g/mol. The van der Waals surface area contributed by atoms with Crippen molar-refractivity contribution in [3.8, 4) is 5.88 Å². The summed E-state index contributed by atoms with van der Waals surface area (Å²) in [5, 5.41) is 0. The molecule has 1 aromatic carbocycles. The van der Waals surface area contributed by atoms with Crippen LogP contribution in [0.4, 0.5) is 0 Å². The molecular formula is C14H16BrN3O. The summed E-state index contributed by atoms with van der Waals surface area (Å²) in [5.74, 6) is 0.466. The highest BCUT2D eigenvalue weighted by atomic mass is 79.9. The van der Waals surface area contributed by atoms with Crippen LogP contribution in [0.5, 0.6) is 5.88 Å². The van der Waals surface area contributed by atoms with Gasteiger partial charge in [-0.2, -0.15) is 0 Å². The van der Waals surface area contributed by atoms with Gasteiger partial charge in [0.1, 0.15) is 5.69 Å². The van der Waals surface area contributed by atoms with Crippen LogP contribution >= 0.6 is 15.9 Å². The topological polar surface area (TPSA) is 61.0 Å². The van der Waals surface area contributed by atoms with Gasteiger partial charge in [-0.25, -0.2) is 4.98 Å². The molecule has 2 N–H and O–H groups in total. The highest BCUT2D eigenvalue weighted by Gasteiger charge is 2.17. The Morgan fingerprint density at radius 1 is 1.16 bits per heavy atom. The molecule has 4 nitrogen and oxygen atoms in total. The van der Waals surface area contributed by atoms with Gasteiger partial charge < -0.3 is 10.5 Å². The number of nitrogens with zero attached hydrogens (tertiary/aromatic N) is 2. The van der Waals surface area contributed by atoms with Gasteiger partial charge in [-0.3, -0.25) is 4.98 Å². The average Bonchev–Trinajstić information content (AvgIpc) is 2.43. The lowest BCUT2D eigenvalue weighted by Crippen LogP contribution is -2.16. The van der Waals surface area contributed by atoms with Gasteiger partial charge in [0.05, 0.1) is 13.2 Å². The van der Waals surface area contributed by atoms with Crippen LogP contribution in [-0.4, -0.2) is 17.1 Å². The molecule has 0 radical (unpaired) electrons. The van der Waals surface area contributed by atoms with Gasteiger partial charge >= 0.3 is 0 Å². The maximum atomic E-state index is 6.28. The molecule has 1 unspecified atom stereocenters. The van der Waals surface area contributed by atoms with Gasteiger partial charge in [-0.15, -0.1) is 0 Å². The maximum absolute atomic E-state index is 6.28. The molecule has 0 saturated heterocycles. The Balaban J connectivity index is 2.47. The lowest BCUT2D eigenvalue weighted by molar-refractivity contribution is 0.387. The molecule has 1 heterocycles. The van der Waals surface area contributed by atoms with E-state index in [4.69, 9.17) is 10.5 Å². The van der Waals surface area contributed by atoms with E-state index in [0.29, 0.717) is 11.6 Å². The number of hydrogen-bond acceptors (Lipinski definition) is 4. The Morgan fingerprint density at radius 2 is 1.74 bits per heavy atom. The Labute approximate surface area is 121 Å². The predicted molar refractivity (Wildman–Crippen MR) is 78.2 cm³/mol. The van der Waals surface area contributed by atoms with E-state index in [1.807, 2.05) is 13.8 Å². The normalized spacial score (nSPS) is 12.3. The number of ether oxygens (including phenoxy) is 1. The number of aromatic nitrogens is 2. The van der Waals surface area contributed by atoms with Gasteiger partial charge in [0.25, 0.3) is 0 Å². The van der Waals surface area contributed by atoms with Gasteiger partial charge in [0.15, 0.2) is 0 Å². The van der Waals surface area contributed by atoms with Crippen molar-refractivity contribution in [3.63, 3.8) is 0 Å². The van der Waals surface area contributed by atoms with Gasteiger partial charge in [-0.1, -0.05) is 28.1 Å². The summed E-state index contributed by atoms with van der Waals surface area (Å²) in [5.41, 5.74) is 10.2. The maximum Gasteiger partial charge on any atom is 0.237 e. The minimum absolute atomic E-state index is 0.353. The zero-order chi connectivity index (χ0) is 14.0. The zero-order valence-electron chi connectivity index (χ0n) is 11.1. The van der Waals surface area contributed by atoms with E-state index in [1.54, 1.807) is 19.5 Å². The molecule has 1 aromatic heterocycles. The van der Waals surface area contributed by atoms with Crippen LogP contribution in [0.25, 0.3) is 0 Å². The van der Waals surface area contributed by atoms with E-state index >= 15 is 0 Å². The summed E-state index contributed by atoms with van der Waals surface area (Å²) in [4.78, 5) is 8.42. The first kappa shape index (κ1) is 14.0. The fourth-order valence-electron chi connectivity index (χ4n) is 2.02. The number of methoxy groups -OCH3 is 1. The fourth-order valence-corrected chi connectivity index (χ4v) is 2.25. The highest BCUT2D eigenvalue weighted by Crippen LogP contribution is 2.29. The molecule has 0 fully saturated rings. The molecule has 5 heteroatoms. The molecule has 0 aliphatic rings. The number of aryl methyl sites for hydroxylation is 2. The van der Waals surface area contributed by atoms with Crippen molar-refractivity contribution < 1.29 is 4.74 Å². The van der Waals surface area contributed by atoms with E-state index in [9.17, 15) is 0 Å². The first-order valence-corrected chi connectivity index (χ1v) is 6.71. The van der Waals surface area contributed by atoms with E-state index in [2.05, 4.69) is 38.0 Å². The molecule has 1 atom stereocenters. The van der Waals surface area contributed by atoms with Crippen molar-refractivity contribution in [2.75, 3.05) is 7.11 Å². The minimum Gasteiger partial charge on any atom is -0.480 e.